The first kappa shape index (κ1) is 16.3. The molecule has 5 nitrogen and oxygen atoms in total. The quantitative estimate of drug-likeness (QED) is 0.913. The highest BCUT2D eigenvalue weighted by atomic mass is 35.5. The van der Waals surface area contributed by atoms with Gasteiger partial charge in [0, 0.05) is 28.7 Å². The highest BCUT2D eigenvalue weighted by Crippen LogP contribution is 2.26. The van der Waals surface area contributed by atoms with E-state index in [0.29, 0.717) is 21.7 Å². The van der Waals surface area contributed by atoms with Crippen LogP contribution in [0.2, 0.25) is 10.0 Å². The molecule has 3 rings (SSSR count). The van der Waals surface area contributed by atoms with Crippen molar-refractivity contribution in [1.82, 2.24) is 9.97 Å². The van der Waals surface area contributed by atoms with Crippen molar-refractivity contribution in [2.75, 3.05) is 18.0 Å². The lowest BCUT2D eigenvalue weighted by atomic mass is 10.1. The second kappa shape index (κ2) is 7.34. The highest BCUT2D eigenvalue weighted by molar-refractivity contribution is 6.35. The summed E-state index contributed by atoms with van der Waals surface area (Å²) >= 11 is 12.2. The summed E-state index contributed by atoms with van der Waals surface area (Å²) in [5.41, 5.74) is 0.741. The Morgan fingerprint density at radius 3 is 2.35 bits per heavy atom. The fourth-order valence-electron chi connectivity index (χ4n) is 2.44. The van der Waals surface area contributed by atoms with Gasteiger partial charge in [0.1, 0.15) is 6.61 Å². The van der Waals surface area contributed by atoms with E-state index in [2.05, 4.69) is 14.9 Å². The maximum atomic E-state index is 9.53. The Labute approximate surface area is 144 Å². The molecule has 1 N–H and O–H groups in total. The van der Waals surface area contributed by atoms with Crippen LogP contribution >= 0.6 is 23.2 Å². The van der Waals surface area contributed by atoms with E-state index in [1.807, 2.05) is 0 Å². The molecule has 0 saturated carbocycles. The van der Waals surface area contributed by atoms with Crippen molar-refractivity contribution in [1.29, 1.82) is 0 Å². The van der Waals surface area contributed by atoms with Crippen molar-refractivity contribution < 1.29 is 9.84 Å². The summed E-state index contributed by atoms with van der Waals surface area (Å²) in [6.07, 6.45) is 4.55. The first-order valence-electron chi connectivity index (χ1n) is 7.44. The smallest absolute Gasteiger partial charge is 0.225 e. The molecule has 0 unspecified atom stereocenters. The van der Waals surface area contributed by atoms with Gasteiger partial charge in [0.05, 0.1) is 18.5 Å². The summed E-state index contributed by atoms with van der Waals surface area (Å²) in [5.74, 6) is 1.21. The van der Waals surface area contributed by atoms with E-state index in [0.717, 1.165) is 31.5 Å². The SMILES string of the molecule is OC1CCN(c2ncc(OCc3c(Cl)cccc3Cl)cn2)CC1. The second-order valence-electron chi connectivity index (χ2n) is 5.43. The molecule has 1 aliphatic heterocycles. The van der Waals surface area contributed by atoms with E-state index >= 15 is 0 Å². The van der Waals surface area contributed by atoms with Crippen molar-refractivity contribution >= 4 is 29.2 Å². The number of aliphatic hydroxyl groups excluding tert-OH is 1. The Bertz CT molecular complexity index is 639. The molecular weight excluding hydrogens is 337 g/mol. The van der Waals surface area contributed by atoms with Crippen LogP contribution in [0.1, 0.15) is 18.4 Å². The van der Waals surface area contributed by atoms with Crippen LogP contribution in [0.5, 0.6) is 5.75 Å². The fourth-order valence-corrected chi connectivity index (χ4v) is 2.95. The standard InChI is InChI=1S/C16H17Cl2N3O2/c17-14-2-1-3-15(18)13(14)10-23-12-8-19-16(20-9-12)21-6-4-11(22)5-7-21/h1-3,8-9,11,22H,4-7,10H2. The van der Waals surface area contributed by atoms with Crippen molar-refractivity contribution in [2.24, 2.45) is 0 Å². The fraction of sp³-hybridized carbons (Fsp3) is 0.375. The van der Waals surface area contributed by atoms with Gasteiger partial charge in [-0.15, -0.1) is 0 Å². The number of anilines is 1. The molecule has 7 heteroatoms. The number of aliphatic hydroxyl groups is 1. The minimum atomic E-state index is -0.214. The highest BCUT2D eigenvalue weighted by Gasteiger charge is 2.19. The van der Waals surface area contributed by atoms with E-state index in [1.165, 1.54) is 0 Å². The molecule has 0 spiro atoms. The minimum Gasteiger partial charge on any atom is -0.486 e. The van der Waals surface area contributed by atoms with Crippen LogP contribution in [0.3, 0.4) is 0 Å². The van der Waals surface area contributed by atoms with Crippen LogP contribution in [0, 0.1) is 0 Å². The molecule has 0 radical (unpaired) electrons. The number of nitrogens with zero attached hydrogens (tertiary/aromatic N) is 3. The van der Waals surface area contributed by atoms with E-state index in [4.69, 9.17) is 27.9 Å². The molecule has 23 heavy (non-hydrogen) atoms. The summed E-state index contributed by atoms with van der Waals surface area (Å²) in [7, 11) is 0. The van der Waals surface area contributed by atoms with Crippen LogP contribution in [-0.2, 0) is 6.61 Å². The van der Waals surface area contributed by atoms with Gasteiger partial charge in [-0.05, 0) is 25.0 Å². The third-order valence-corrected chi connectivity index (χ3v) is 4.51. The van der Waals surface area contributed by atoms with E-state index < -0.39 is 0 Å². The number of piperidine rings is 1. The first-order chi connectivity index (χ1) is 11.1. The van der Waals surface area contributed by atoms with Gasteiger partial charge in [0.25, 0.3) is 0 Å². The third-order valence-electron chi connectivity index (χ3n) is 3.81. The van der Waals surface area contributed by atoms with E-state index in [1.54, 1.807) is 30.6 Å². The van der Waals surface area contributed by atoms with Crippen LogP contribution in [0.15, 0.2) is 30.6 Å². The van der Waals surface area contributed by atoms with E-state index in [9.17, 15) is 5.11 Å². The van der Waals surface area contributed by atoms with Crippen LogP contribution < -0.4 is 9.64 Å². The molecule has 1 aliphatic rings. The van der Waals surface area contributed by atoms with Gasteiger partial charge in [0.15, 0.2) is 5.75 Å². The lowest BCUT2D eigenvalue weighted by molar-refractivity contribution is 0.145. The number of hydrogen-bond donors (Lipinski definition) is 1. The molecule has 0 aliphatic carbocycles. The van der Waals surface area contributed by atoms with Gasteiger partial charge in [-0.3, -0.25) is 0 Å². The maximum absolute atomic E-state index is 9.53. The lowest BCUT2D eigenvalue weighted by Crippen LogP contribution is -2.36. The Hall–Kier alpha value is -1.56. The first-order valence-corrected chi connectivity index (χ1v) is 8.20. The Morgan fingerprint density at radius 1 is 1.13 bits per heavy atom. The average molecular weight is 354 g/mol. The summed E-state index contributed by atoms with van der Waals surface area (Å²) in [4.78, 5) is 10.7. The molecule has 0 atom stereocenters. The van der Waals surface area contributed by atoms with Crippen molar-refractivity contribution in [2.45, 2.75) is 25.6 Å². The molecule has 2 heterocycles. The number of ether oxygens (including phenoxy) is 1. The third kappa shape index (κ3) is 4.05. The molecule has 1 aromatic carbocycles. The van der Waals surface area contributed by atoms with Gasteiger partial charge in [-0.2, -0.15) is 0 Å². The van der Waals surface area contributed by atoms with Crippen LogP contribution in [0.25, 0.3) is 0 Å². The topological polar surface area (TPSA) is 58.5 Å². The van der Waals surface area contributed by atoms with Crippen molar-refractivity contribution in [3.63, 3.8) is 0 Å². The van der Waals surface area contributed by atoms with Crippen molar-refractivity contribution in [3.05, 3.63) is 46.2 Å². The molecule has 0 bridgehead atoms. The number of aromatic nitrogens is 2. The molecule has 1 fully saturated rings. The Morgan fingerprint density at radius 2 is 1.74 bits per heavy atom. The molecule has 122 valence electrons. The maximum Gasteiger partial charge on any atom is 0.225 e. The van der Waals surface area contributed by atoms with Crippen molar-refractivity contribution in [3.8, 4) is 5.75 Å². The molecular formula is C16H17Cl2N3O2. The zero-order valence-corrected chi connectivity index (χ0v) is 14.0. The van der Waals surface area contributed by atoms with E-state index in [-0.39, 0.29) is 12.7 Å². The number of hydrogen-bond acceptors (Lipinski definition) is 5. The molecule has 2 aromatic rings. The monoisotopic (exact) mass is 353 g/mol. The predicted molar refractivity (Wildman–Crippen MR) is 90.3 cm³/mol. The summed E-state index contributed by atoms with van der Waals surface area (Å²) in [6.45, 7) is 1.78. The van der Waals surface area contributed by atoms with Gasteiger partial charge < -0.3 is 14.7 Å². The summed E-state index contributed by atoms with van der Waals surface area (Å²) in [5, 5.41) is 10.7. The van der Waals surface area contributed by atoms with Crippen LogP contribution in [0.4, 0.5) is 5.95 Å². The van der Waals surface area contributed by atoms with Gasteiger partial charge in [-0.25, -0.2) is 9.97 Å². The lowest BCUT2D eigenvalue weighted by Gasteiger charge is -2.29. The van der Waals surface area contributed by atoms with Gasteiger partial charge in [0.2, 0.25) is 5.95 Å². The Balaban J connectivity index is 1.62. The zero-order valence-electron chi connectivity index (χ0n) is 12.5. The number of rotatable bonds is 4. The number of halogens is 2. The average Bonchev–Trinajstić information content (AvgIpc) is 2.56. The molecule has 0 amide bonds. The molecule has 1 saturated heterocycles. The van der Waals surface area contributed by atoms with Gasteiger partial charge >= 0.3 is 0 Å². The van der Waals surface area contributed by atoms with Crippen LogP contribution in [-0.4, -0.2) is 34.3 Å². The normalized spacial score (nSPS) is 15.7. The predicted octanol–water partition coefficient (Wildman–Crippen LogP) is 3.32. The minimum absolute atomic E-state index is 0.214. The van der Waals surface area contributed by atoms with Gasteiger partial charge in [-0.1, -0.05) is 29.3 Å². The molecule has 1 aromatic heterocycles. The Kier molecular flexibility index (Phi) is 5.20. The summed E-state index contributed by atoms with van der Waals surface area (Å²) in [6, 6.07) is 5.34. The zero-order chi connectivity index (χ0) is 16.2. The second-order valence-corrected chi connectivity index (χ2v) is 6.24. The number of benzene rings is 1. The largest absolute Gasteiger partial charge is 0.486 e. The summed E-state index contributed by atoms with van der Waals surface area (Å²) < 4.78 is 5.66.